The highest BCUT2D eigenvalue weighted by Gasteiger charge is 2.56. The third kappa shape index (κ3) is 3.77. The highest BCUT2D eigenvalue weighted by atomic mass is 16.5. The molecule has 0 saturated carbocycles. The lowest BCUT2D eigenvalue weighted by Gasteiger charge is -2.50. The molecular formula is C28H35N3O2. The molecule has 3 heterocycles. The highest BCUT2D eigenvalue weighted by molar-refractivity contribution is 5.93. The second-order valence-corrected chi connectivity index (χ2v) is 9.86. The SMILES string of the molecule is C=CCN1C2CCC1[C@H]1CCC2N1C(c1ccc(C(=O)N(C)C)cc1)c1cccc(OC)c1. The molecule has 3 aliphatic rings. The summed E-state index contributed by atoms with van der Waals surface area (Å²) in [5, 5.41) is 0. The Morgan fingerprint density at radius 1 is 1.03 bits per heavy atom. The van der Waals surface area contributed by atoms with E-state index in [4.69, 9.17) is 4.74 Å². The largest absolute Gasteiger partial charge is 0.497 e. The molecule has 4 bridgehead atoms. The van der Waals surface area contributed by atoms with Gasteiger partial charge in [0, 0.05) is 50.4 Å². The van der Waals surface area contributed by atoms with Gasteiger partial charge in [-0.2, -0.15) is 0 Å². The first-order valence-electron chi connectivity index (χ1n) is 12.1. The van der Waals surface area contributed by atoms with E-state index in [0.717, 1.165) is 17.9 Å². The van der Waals surface area contributed by atoms with Gasteiger partial charge in [-0.05, 0) is 61.1 Å². The molecule has 2 aromatic carbocycles. The molecule has 4 unspecified atom stereocenters. The van der Waals surface area contributed by atoms with Crippen LogP contribution in [0.1, 0.15) is 53.2 Å². The van der Waals surface area contributed by atoms with E-state index in [2.05, 4.69) is 52.8 Å². The van der Waals surface area contributed by atoms with E-state index in [0.29, 0.717) is 24.2 Å². The molecule has 0 radical (unpaired) electrons. The molecule has 5 heteroatoms. The first-order valence-corrected chi connectivity index (χ1v) is 12.1. The molecule has 33 heavy (non-hydrogen) atoms. The molecule has 5 rings (SSSR count). The van der Waals surface area contributed by atoms with Crippen molar-refractivity contribution in [1.82, 2.24) is 14.7 Å². The van der Waals surface area contributed by atoms with Crippen LogP contribution in [0.25, 0.3) is 0 Å². The van der Waals surface area contributed by atoms with Crippen LogP contribution >= 0.6 is 0 Å². The average Bonchev–Trinajstić information content (AvgIpc) is 3.34. The van der Waals surface area contributed by atoms with Crippen LogP contribution in [0, 0.1) is 0 Å². The van der Waals surface area contributed by atoms with Gasteiger partial charge in [0.15, 0.2) is 0 Å². The summed E-state index contributed by atoms with van der Waals surface area (Å²) < 4.78 is 5.59. The lowest BCUT2D eigenvalue weighted by Crippen LogP contribution is -2.60. The fourth-order valence-corrected chi connectivity index (χ4v) is 6.63. The van der Waals surface area contributed by atoms with Crippen LogP contribution in [-0.2, 0) is 0 Å². The lowest BCUT2D eigenvalue weighted by molar-refractivity contribution is -0.00329. The first kappa shape index (κ1) is 22.2. The summed E-state index contributed by atoms with van der Waals surface area (Å²) >= 11 is 0. The van der Waals surface area contributed by atoms with Gasteiger partial charge in [-0.1, -0.05) is 30.3 Å². The zero-order valence-corrected chi connectivity index (χ0v) is 20.0. The Hall–Kier alpha value is -2.63. The van der Waals surface area contributed by atoms with Crippen LogP contribution in [-0.4, -0.2) is 72.5 Å². The zero-order valence-electron chi connectivity index (χ0n) is 20.0. The van der Waals surface area contributed by atoms with Crippen LogP contribution in [0.15, 0.2) is 61.2 Å². The van der Waals surface area contributed by atoms with Gasteiger partial charge in [-0.25, -0.2) is 0 Å². The van der Waals surface area contributed by atoms with Crippen molar-refractivity contribution < 1.29 is 9.53 Å². The minimum absolute atomic E-state index is 0.0376. The van der Waals surface area contributed by atoms with Crippen LogP contribution in [0.4, 0.5) is 0 Å². The number of amides is 1. The maximum atomic E-state index is 12.5. The third-order valence-corrected chi connectivity index (χ3v) is 7.95. The number of rotatable bonds is 7. The van der Waals surface area contributed by atoms with Gasteiger partial charge in [0.1, 0.15) is 5.75 Å². The maximum absolute atomic E-state index is 12.5. The van der Waals surface area contributed by atoms with Gasteiger partial charge in [-0.15, -0.1) is 6.58 Å². The van der Waals surface area contributed by atoms with Gasteiger partial charge in [0.25, 0.3) is 5.91 Å². The number of ether oxygens (including phenoxy) is 1. The number of hydrogen-bond acceptors (Lipinski definition) is 4. The molecule has 3 aliphatic heterocycles. The normalized spacial score (nSPS) is 27.4. The Kier molecular flexibility index (Phi) is 6.02. The van der Waals surface area contributed by atoms with Gasteiger partial charge >= 0.3 is 0 Å². The number of piperazine rings is 1. The standard InChI is InChI=1S/C28H35N3O2/c1-5-17-30-23-13-14-24(30)26-16-15-25(23)31(26)27(21-7-6-8-22(18-21)33-4)19-9-11-20(12-10-19)28(32)29(2)3/h5-12,18,23-27H,1,13-17H2,2-4H3/t23?,24?,25-,26?,27?/m1/s1. The summed E-state index contributed by atoms with van der Waals surface area (Å²) in [6.45, 7) is 5.01. The number of carbonyl (C=O) groups is 1. The molecule has 0 N–H and O–H groups in total. The van der Waals surface area contributed by atoms with Crippen molar-refractivity contribution in [2.45, 2.75) is 55.9 Å². The van der Waals surface area contributed by atoms with Gasteiger partial charge in [0.05, 0.1) is 13.2 Å². The van der Waals surface area contributed by atoms with Crippen molar-refractivity contribution in [2.75, 3.05) is 27.7 Å². The van der Waals surface area contributed by atoms with E-state index in [1.165, 1.54) is 36.8 Å². The lowest BCUT2D eigenvalue weighted by atomic mass is 9.91. The first-order chi connectivity index (χ1) is 16.0. The highest BCUT2D eigenvalue weighted by Crippen LogP contribution is 2.50. The van der Waals surface area contributed by atoms with E-state index in [-0.39, 0.29) is 11.9 Å². The minimum atomic E-state index is 0.0376. The topological polar surface area (TPSA) is 36.0 Å². The Labute approximate surface area is 197 Å². The molecule has 174 valence electrons. The molecule has 0 aromatic heterocycles. The molecular weight excluding hydrogens is 410 g/mol. The monoisotopic (exact) mass is 445 g/mol. The fourth-order valence-electron chi connectivity index (χ4n) is 6.63. The molecule has 3 saturated heterocycles. The Morgan fingerprint density at radius 2 is 1.67 bits per heavy atom. The predicted molar refractivity (Wildman–Crippen MR) is 132 cm³/mol. The Morgan fingerprint density at radius 3 is 2.24 bits per heavy atom. The number of hydrogen-bond donors (Lipinski definition) is 0. The van der Waals surface area contributed by atoms with Crippen molar-refractivity contribution in [3.8, 4) is 5.75 Å². The van der Waals surface area contributed by atoms with Gasteiger partial charge in [-0.3, -0.25) is 14.6 Å². The molecule has 3 fully saturated rings. The summed E-state index contributed by atoms with van der Waals surface area (Å²) in [6.07, 6.45) is 7.11. The quantitative estimate of drug-likeness (QED) is 0.594. The summed E-state index contributed by atoms with van der Waals surface area (Å²) in [7, 11) is 5.32. The smallest absolute Gasteiger partial charge is 0.253 e. The molecule has 2 aromatic rings. The number of nitrogens with zero attached hydrogens (tertiary/aromatic N) is 3. The van der Waals surface area contributed by atoms with E-state index < -0.39 is 0 Å². The molecule has 5 atom stereocenters. The average molecular weight is 446 g/mol. The molecule has 1 amide bonds. The molecule has 5 nitrogen and oxygen atoms in total. The summed E-state index contributed by atoms with van der Waals surface area (Å²) in [6, 6.07) is 19.2. The predicted octanol–water partition coefficient (Wildman–Crippen LogP) is 4.35. The van der Waals surface area contributed by atoms with Crippen molar-refractivity contribution in [2.24, 2.45) is 0 Å². The number of benzene rings is 2. The van der Waals surface area contributed by atoms with E-state index in [9.17, 15) is 4.79 Å². The van der Waals surface area contributed by atoms with Crippen LogP contribution in [0.3, 0.4) is 0 Å². The van der Waals surface area contributed by atoms with Crippen molar-refractivity contribution >= 4 is 5.91 Å². The fraction of sp³-hybridized carbons (Fsp3) is 0.464. The number of methoxy groups -OCH3 is 1. The number of carbonyl (C=O) groups excluding carboxylic acids is 1. The van der Waals surface area contributed by atoms with Gasteiger partial charge in [0.2, 0.25) is 0 Å². The molecule has 0 spiro atoms. The van der Waals surface area contributed by atoms with Crippen LogP contribution in [0.2, 0.25) is 0 Å². The number of fused-ring (bicyclic) bond motifs is 6. The Balaban J connectivity index is 1.56. The second kappa shape index (κ2) is 8.96. The zero-order chi connectivity index (χ0) is 23.1. The molecule has 0 aliphatic carbocycles. The second-order valence-electron chi connectivity index (χ2n) is 9.86. The van der Waals surface area contributed by atoms with E-state index in [1.807, 2.05) is 18.2 Å². The van der Waals surface area contributed by atoms with Crippen molar-refractivity contribution in [3.05, 3.63) is 77.9 Å². The summed E-state index contributed by atoms with van der Waals surface area (Å²) in [5.74, 6) is 0.924. The summed E-state index contributed by atoms with van der Waals surface area (Å²) in [4.78, 5) is 19.6. The van der Waals surface area contributed by atoms with Crippen LogP contribution < -0.4 is 4.74 Å². The minimum Gasteiger partial charge on any atom is -0.497 e. The van der Waals surface area contributed by atoms with Crippen molar-refractivity contribution in [3.63, 3.8) is 0 Å². The Bertz CT molecular complexity index is 998. The summed E-state index contributed by atoms with van der Waals surface area (Å²) in [5.41, 5.74) is 3.23. The van der Waals surface area contributed by atoms with E-state index >= 15 is 0 Å². The third-order valence-electron chi connectivity index (χ3n) is 7.95. The van der Waals surface area contributed by atoms with E-state index in [1.54, 1.807) is 26.1 Å². The van der Waals surface area contributed by atoms with Crippen molar-refractivity contribution in [1.29, 1.82) is 0 Å². The van der Waals surface area contributed by atoms with Gasteiger partial charge < -0.3 is 9.64 Å². The van der Waals surface area contributed by atoms with Crippen LogP contribution in [0.5, 0.6) is 5.75 Å². The maximum Gasteiger partial charge on any atom is 0.253 e.